The summed E-state index contributed by atoms with van der Waals surface area (Å²) in [6.07, 6.45) is 0.620. The van der Waals surface area contributed by atoms with Gasteiger partial charge in [-0.2, -0.15) is 0 Å². The number of hydrogen-bond donors (Lipinski definition) is 3. The van der Waals surface area contributed by atoms with Gasteiger partial charge in [-0.1, -0.05) is 66.7 Å². The van der Waals surface area contributed by atoms with E-state index in [9.17, 15) is 18.3 Å². The lowest BCUT2D eigenvalue weighted by Crippen LogP contribution is -2.32. The van der Waals surface area contributed by atoms with Gasteiger partial charge >= 0.3 is 0 Å². The predicted octanol–water partition coefficient (Wildman–Crippen LogP) is 2.97. The third-order valence-corrected chi connectivity index (χ3v) is 5.65. The maximum Gasteiger partial charge on any atom is 0.233 e. The van der Waals surface area contributed by atoms with Gasteiger partial charge in [-0.15, -0.1) is 0 Å². The van der Waals surface area contributed by atoms with Crippen LogP contribution in [-0.4, -0.2) is 32.5 Å². The Morgan fingerprint density at radius 2 is 1.67 bits per heavy atom. The molecule has 3 aromatic carbocycles. The molecule has 1 amide bonds. The number of aliphatic hydroxyl groups excluding tert-OH is 1. The Bertz CT molecular complexity index is 1130. The van der Waals surface area contributed by atoms with E-state index < -0.39 is 16.1 Å². The van der Waals surface area contributed by atoms with Crippen LogP contribution in [0.4, 0.5) is 0 Å². The molecule has 156 valence electrons. The number of aliphatic hydroxyl groups is 1. The summed E-state index contributed by atoms with van der Waals surface area (Å²) < 4.78 is 26.3. The van der Waals surface area contributed by atoms with E-state index in [0.29, 0.717) is 5.56 Å². The van der Waals surface area contributed by atoms with Crippen LogP contribution in [0.1, 0.15) is 23.7 Å². The summed E-state index contributed by atoms with van der Waals surface area (Å²) in [7, 11) is -3.63. The maximum absolute atomic E-state index is 12.0. The first-order valence-electron chi connectivity index (χ1n) is 9.59. The minimum Gasteiger partial charge on any atom is -0.387 e. The zero-order chi connectivity index (χ0) is 21.4. The van der Waals surface area contributed by atoms with Crippen LogP contribution in [0.5, 0.6) is 0 Å². The van der Waals surface area contributed by atoms with E-state index in [1.807, 2.05) is 60.7 Å². The third-order valence-electron chi connectivity index (χ3n) is 4.55. The molecule has 0 saturated carbocycles. The van der Waals surface area contributed by atoms with Crippen molar-refractivity contribution in [1.29, 1.82) is 0 Å². The largest absolute Gasteiger partial charge is 0.387 e. The van der Waals surface area contributed by atoms with Gasteiger partial charge in [-0.05, 0) is 34.0 Å². The van der Waals surface area contributed by atoms with Gasteiger partial charge in [0, 0.05) is 24.9 Å². The highest BCUT2D eigenvalue weighted by atomic mass is 32.2. The SMILES string of the molecule is O=C(CCNS(=O)(=O)C=Cc1ccccc1)NCC(O)c1ccc2ccccc2c1. The van der Waals surface area contributed by atoms with Crippen molar-refractivity contribution in [2.75, 3.05) is 13.1 Å². The Kier molecular flexibility index (Phi) is 7.35. The summed E-state index contributed by atoms with van der Waals surface area (Å²) in [6.45, 7) is 0.0250. The Balaban J connectivity index is 1.43. The lowest BCUT2D eigenvalue weighted by molar-refractivity contribution is -0.121. The normalized spacial score (nSPS) is 12.8. The lowest BCUT2D eigenvalue weighted by atomic mass is 10.0. The first-order chi connectivity index (χ1) is 14.4. The highest BCUT2D eigenvalue weighted by Gasteiger charge is 2.11. The lowest BCUT2D eigenvalue weighted by Gasteiger charge is -2.13. The number of carbonyl (C=O) groups excluding carboxylic acids is 1. The summed E-state index contributed by atoms with van der Waals surface area (Å²) in [5, 5.41) is 16.1. The Morgan fingerprint density at radius 1 is 0.967 bits per heavy atom. The van der Waals surface area contributed by atoms with Crippen LogP contribution in [0.15, 0.2) is 78.2 Å². The third kappa shape index (κ3) is 6.52. The number of amides is 1. The molecule has 0 aliphatic rings. The molecule has 1 atom stereocenters. The highest BCUT2D eigenvalue weighted by molar-refractivity contribution is 7.92. The average molecular weight is 425 g/mol. The van der Waals surface area contributed by atoms with E-state index in [1.54, 1.807) is 12.1 Å². The summed E-state index contributed by atoms with van der Waals surface area (Å²) in [5.74, 6) is -0.343. The molecule has 0 heterocycles. The molecule has 0 aliphatic carbocycles. The number of fused-ring (bicyclic) bond motifs is 1. The highest BCUT2D eigenvalue weighted by Crippen LogP contribution is 2.20. The van der Waals surface area contributed by atoms with Crippen molar-refractivity contribution in [3.63, 3.8) is 0 Å². The molecule has 0 aliphatic heterocycles. The van der Waals surface area contributed by atoms with E-state index in [4.69, 9.17) is 0 Å². The number of carbonyl (C=O) groups is 1. The summed E-state index contributed by atoms with van der Waals surface area (Å²) in [4.78, 5) is 12.0. The van der Waals surface area contributed by atoms with Gasteiger partial charge in [0.25, 0.3) is 0 Å². The minimum absolute atomic E-state index is 0.0250. The van der Waals surface area contributed by atoms with Crippen molar-refractivity contribution in [2.24, 2.45) is 0 Å². The molecule has 0 aromatic heterocycles. The van der Waals surface area contributed by atoms with Crippen molar-refractivity contribution >= 4 is 32.8 Å². The summed E-state index contributed by atoms with van der Waals surface area (Å²) >= 11 is 0. The standard InChI is InChI=1S/C23H24N2O4S/c26-22(21-11-10-19-8-4-5-9-20(19)16-21)17-24-23(27)12-14-25-30(28,29)15-13-18-6-2-1-3-7-18/h1-11,13,15-16,22,25-26H,12,14,17H2,(H,24,27). The van der Waals surface area contributed by atoms with Crippen molar-refractivity contribution in [3.05, 3.63) is 89.3 Å². The van der Waals surface area contributed by atoms with Gasteiger partial charge in [-0.3, -0.25) is 4.79 Å². The van der Waals surface area contributed by atoms with E-state index in [-0.39, 0.29) is 25.4 Å². The van der Waals surface area contributed by atoms with Crippen LogP contribution in [0.2, 0.25) is 0 Å². The first-order valence-corrected chi connectivity index (χ1v) is 11.1. The Labute approximate surface area is 176 Å². The second-order valence-corrected chi connectivity index (χ2v) is 8.48. The van der Waals surface area contributed by atoms with Gasteiger partial charge in [0.05, 0.1) is 6.10 Å². The minimum atomic E-state index is -3.63. The van der Waals surface area contributed by atoms with Crippen LogP contribution < -0.4 is 10.0 Å². The van der Waals surface area contributed by atoms with Crippen LogP contribution in [0.25, 0.3) is 16.8 Å². The molecule has 3 rings (SSSR count). The molecule has 3 N–H and O–H groups in total. The van der Waals surface area contributed by atoms with Crippen molar-refractivity contribution in [3.8, 4) is 0 Å². The van der Waals surface area contributed by atoms with Crippen molar-refractivity contribution in [2.45, 2.75) is 12.5 Å². The summed E-state index contributed by atoms with van der Waals surface area (Å²) in [5.41, 5.74) is 1.48. The molecule has 0 radical (unpaired) electrons. The second kappa shape index (κ2) is 10.2. The number of rotatable bonds is 9. The second-order valence-electron chi connectivity index (χ2n) is 6.83. The van der Waals surface area contributed by atoms with Gasteiger partial charge in [0.2, 0.25) is 15.9 Å². The molecule has 0 spiro atoms. The van der Waals surface area contributed by atoms with Crippen molar-refractivity contribution in [1.82, 2.24) is 10.0 Å². The van der Waals surface area contributed by atoms with Crippen LogP contribution in [-0.2, 0) is 14.8 Å². The number of nitrogens with one attached hydrogen (secondary N) is 2. The van der Waals surface area contributed by atoms with Crippen LogP contribution in [0.3, 0.4) is 0 Å². The quantitative estimate of drug-likeness (QED) is 0.492. The van der Waals surface area contributed by atoms with E-state index in [2.05, 4.69) is 10.0 Å². The molecule has 3 aromatic rings. The number of hydrogen-bond acceptors (Lipinski definition) is 4. The van der Waals surface area contributed by atoms with Gasteiger partial charge in [0.1, 0.15) is 0 Å². The fourth-order valence-corrected chi connectivity index (χ4v) is 3.74. The summed E-state index contributed by atoms with van der Waals surface area (Å²) in [6, 6.07) is 22.5. The fraction of sp³-hybridized carbons (Fsp3) is 0.174. The van der Waals surface area contributed by atoms with Crippen LogP contribution in [0, 0.1) is 0 Å². The molecule has 0 saturated heterocycles. The molecule has 1 unspecified atom stereocenters. The van der Waals surface area contributed by atoms with E-state index in [1.165, 1.54) is 6.08 Å². The van der Waals surface area contributed by atoms with E-state index in [0.717, 1.165) is 21.7 Å². The smallest absolute Gasteiger partial charge is 0.233 e. The molecule has 6 nitrogen and oxygen atoms in total. The average Bonchev–Trinajstić information content (AvgIpc) is 2.76. The Hall–Kier alpha value is -3.00. The van der Waals surface area contributed by atoms with Gasteiger partial charge in [-0.25, -0.2) is 13.1 Å². The zero-order valence-electron chi connectivity index (χ0n) is 16.4. The predicted molar refractivity (Wildman–Crippen MR) is 119 cm³/mol. The van der Waals surface area contributed by atoms with Crippen molar-refractivity contribution < 1.29 is 18.3 Å². The Morgan fingerprint density at radius 3 is 2.43 bits per heavy atom. The van der Waals surface area contributed by atoms with Gasteiger partial charge < -0.3 is 10.4 Å². The zero-order valence-corrected chi connectivity index (χ0v) is 17.2. The molecule has 30 heavy (non-hydrogen) atoms. The topological polar surface area (TPSA) is 95.5 Å². The molecule has 0 bridgehead atoms. The number of benzene rings is 3. The number of sulfonamides is 1. The molecular weight excluding hydrogens is 400 g/mol. The molecule has 7 heteroatoms. The first kappa shape index (κ1) is 21.7. The molecule has 0 fully saturated rings. The monoisotopic (exact) mass is 424 g/mol. The fourth-order valence-electron chi connectivity index (χ4n) is 2.92. The maximum atomic E-state index is 12.0. The van der Waals surface area contributed by atoms with E-state index >= 15 is 0 Å². The van der Waals surface area contributed by atoms with Gasteiger partial charge in [0.15, 0.2) is 0 Å². The van der Waals surface area contributed by atoms with Crippen LogP contribution >= 0.6 is 0 Å². The molecular formula is C23H24N2O4S.